The van der Waals surface area contributed by atoms with Crippen LogP contribution in [0.3, 0.4) is 0 Å². The molecule has 0 saturated heterocycles. The maximum atomic E-state index is 12.1. The molecule has 2 rings (SSSR count). The molecule has 0 aliphatic carbocycles. The Balaban J connectivity index is 1.81. The Bertz CT molecular complexity index is 654. The third-order valence-corrected chi connectivity index (χ3v) is 8.57. The van der Waals surface area contributed by atoms with Gasteiger partial charge in [-0.1, -0.05) is 0 Å². The Morgan fingerprint density at radius 2 is 1.57 bits per heavy atom. The zero-order valence-electron chi connectivity index (χ0n) is 11.6. The molecule has 0 spiro atoms. The average molecular weight is 371 g/mol. The standard InChI is InChI=1S/C15H16O4SSe/c1-18-13-7-9-14(10-8-13)19-11-12-21-20(16,17)15-5-3-2-4-6-15/h2-10H,11-12H2,1H3. The molecule has 21 heavy (non-hydrogen) atoms. The van der Waals surface area contributed by atoms with Gasteiger partial charge in [-0.3, -0.25) is 0 Å². The van der Waals surface area contributed by atoms with Gasteiger partial charge in [-0.25, -0.2) is 0 Å². The molecule has 0 amide bonds. The van der Waals surface area contributed by atoms with Crippen LogP contribution in [0.2, 0.25) is 5.32 Å². The van der Waals surface area contributed by atoms with E-state index in [1.54, 1.807) is 61.7 Å². The zero-order chi connectivity index (χ0) is 15.1. The second-order valence-electron chi connectivity index (χ2n) is 4.11. The number of ether oxygens (including phenoxy) is 2. The van der Waals surface area contributed by atoms with E-state index in [1.807, 2.05) is 0 Å². The zero-order valence-corrected chi connectivity index (χ0v) is 14.1. The van der Waals surface area contributed by atoms with E-state index in [2.05, 4.69) is 0 Å². The third kappa shape index (κ3) is 4.77. The van der Waals surface area contributed by atoms with Gasteiger partial charge in [0.05, 0.1) is 0 Å². The van der Waals surface area contributed by atoms with Crippen molar-refractivity contribution < 1.29 is 17.9 Å². The molecule has 6 heteroatoms. The van der Waals surface area contributed by atoms with E-state index in [-0.39, 0.29) is 0 Å². The van der Waals surface area contributed by atoms with Crippen molar-refractivity contribution in [1.82, 2.24) is 0 Å². The summed E-state index contributed by atoms with van der Waals surface area (Å²) in [5, 5.41) is 0.510. The number of benzene rings is 2. The Morgan fingerprint density at radius 3 is 2.19 bits per heavy atom. The predicted molar refractivity (Wildman–Crippen MR) is 82.7 cm³/mol. The van der Waals surface area contributed by atoms with Crippen LogP contribution in [0.15, 0.2) is 59.5 Å². The van der Waals surface area contributed by atoms with E-state index in [4.69, 9.17) is 9.47 Å². The van der Waals surface area contributed by atoms with E-state index in [0.717, 1.165) is 5.75 Å². The van der Waals surface area contributed by atoms with E-state index in [0.29, 0.717) is 22.6 Å². The summed E-state index contributed by atoms with van der Waals surface area (Å²) in [5.74, 6) is 1.47. The van der Waals surface area contributed by atoms with Crippen molar-refractivity contribution in [3.05, 3.63) is 54.6 Å². The molecular formula is C15H16O4SSe. The van der Waals surface area contributed by atoms with Crippen LogP contribution in [0.5, 0.6) is 11.5 Å². The van der Waals surface area contributed by atoms with Gasteiger partial charge in [-0.15, -0.1) is 0 Å². The fourth-order valence-corrected chi connectivity index (χ4v) is 6.08. The van der Waals surface area contributed by atoms with E-state index in [1.165, 1.54) is 0 Å². The minimum absolute atomic E-state index is 0.384. The van der Waals surface area contributed by atoms with Crippen LogP contribution >= 0.6 is 0 Å². The van der Waals surface area contributed by atoms with Gasteiger partial charge in [0.2, 0.25) is 0 Å². The first-order valence-corrected chi connectivity index (χ1v) is 11.0. The summed E-state index contributed by atoms with van der Waals surface area (Å²) in [7, 11) is -1.56. The molecule has 0 unspecified atom stereocenters. The Kier molecular flexibility index (Phi) is 5.67. The van der Waals surface area contributed by atoms with Crippen LogP contribution in [0.4, 0.5) is 0 Å². The summed E-state index contributed by atoms with van der Waals surface area (Å²) >= 11 is -0.527. The molecule has 112 valence electrons. The summed E-state index contributed by atoms with van der Waals surface area (Å²) in [4.78, 5) is 0.384. The molecule has 0 radical (unpaired) electrons. The fourth-order valence-electron chi connectivity index (χ4n) is 1.63. The van der Waals surface area contributed by atoms with Gasteiger partial charge < -0.3 is 0 Å². The normalized spacial score (nSPS) is 11.1. The molecule has 4 nitrogen and oxygen atoms in total. The van der Waals surface area contributed by atoms with Crippen LogP contribution in [-0.4, -0.2) is 36.0 Å². The van der Waals surface area contributed by atoms with Crippen LogP contribution in [0.1, 0.15) is 0 Å². The second kappa shape index (κ2) is 7.50. The number of hydrogen-bond acceptors (Lipinski definition) is 4. The molecule has 2 aromatic carbocycles. The molecule has 0 bridgehead atoms. The fraction of sp³-hybridized carbons (Fsp3) is 0.200. The Morgan fingerprint density at radius 1 is 0.952 bits per heavy atom. The molecule has 0 saturated carbocycles. The van der Waals surface area contributed by atoms with E-state index >= 15 is 0 Å². The molecule has 0 heterocycles. The van der Waals surface area contributed by atoms with Gasteiger partial charge >= 0.3 is 130 Å². The van der Waals surface area contributed by atoms with Crippen LogP contribution in [0.25, 0.3) is 0 Å². The molecule has 0 N–H and O–H groups in total. The molecule has 2 aromatic rings. The SMILES string of the molecule is COc1ccc(OCC[Se]S(=O)(=O)c2ccccc2)cc1. The maximum absolute atomic E-state index is 12.1. The van der Waals surface area contributed by atoms with Crippen molar-refractivity contribution in [2.75, 3.05) is 13.7 Å². The van der Waals surface area contributed by atoms with Crippen molar-refractivity contribution in [2.45, 2.75) is 10.2 Å². The van der Waals surface area contributed by atoms with Gasteiger partial charge in [0.15, 0.2) is 0 Å². The Hall–Kier alpha value is -1.49. The quantitative estimate of drug-likeness (QED) is 0.555. The van der Waals surface area contributed by atoms with Crippen molar-refractivity contribution in [3.63, 3.8) is 0 Å². The number of methoxy groups -OCH3 is 1. The van der Waals surface area contributed by atoms with Crippen LogP contribution in [0, 0.1) is 0 Å². The second-order valence-corrected chi connectivity index (χ2v) is 10.8. The van der Waals surface area contributed by atoms with Crippen molar-refractivity contribution >= 4 is 22.1 Å². The first-order chi connectivity index (χ1) is 10.1. The topological polar surface area (TPSA) is 52.6 Å². The van der Waals surface area contributed by atoms with E-state index < -0.39 is 22.1 Å². The summed E-state index contributed by atoms with van der Waals surface area (Å²) in [6, 6.07) is 15.7. The first kappa shape index (κ1) is 15.9. The monoisotopic (exact) mass is 372 g/mol. The number of rotatable bonds is 7. The summed E-state index contributed by atoms with van der Waals surface area (Å²) < 4.78 is 34.8. The molecule has 0 aliphatic heterocycles. The predicted octanol–water partition coefficient (Wildman–Crippen LogP) is 2.59. The van der Waals surface area contributed by atoms with Gasteiger partial charge in [-0.2, -0.15) is 0 Å². The molecule has 0 aromatic heterocycles. The van der Waals surface area contributed by atoms with Gasteiger partial charge in [0, 0.05) is 0 Å². The summed E-state index contributed by atoms with van der Waals surface area (Å²) in [5.41, 5.74) is 0. The van der Waals surface area contributed by atoms with Crippen molar-refractivity contribution in [3.8, 4) is 11.5 Å². The molecule has 0 atom stereocenters. The van der Waals surface area contributed by atoms with Gasteiger partial charge in [-0.05, 0) is 0 Å². The molecular weight excluding hydrogens is 355 g/mol. The molecule has 0 fully saturated rings. The van der Waals surface area contributed by atoms with Crippen molar-refractivity contribution in [2.24, 2.45) is 0 Å². The first-order valence-electron chi connectivity index (χ1n) is 6.33. The van der Waals surface area contributed by atoms with Crippen molar-refractivity contribution in [1.29, 1.82) is 0 Å². The molecule has 0 aliphatic rings. The van der Waals surface area contributed by atoms with Gasteiger partial charge in [0.1, 0.15) is 0 Å². The number of hydrogen-bond donors (Lipinski definition) is 0. The van der Waals surface area contributed by atoms with Gasteiger partial charge in [0.25, 0.3) is 0 Å². The third-order valence-electron chi connectivity index (χ3n) is 2.68. The van der Waals surface area contributed by atoms with E-state index in [9.17, 15) is 8.42 Å². The minimum atomic E-state index is -3.16. The van der Waals surface area contributed by atoms with Crippen LogP contribution < -0.4 is 9.47 Å². The summed E-state index contributed by atoms with van der Waals surface area (Å²) in [6.07, 6.45) is 0. The van der Waals surface area contributed by atoms with Crippen LogP contribution in [-0.2, 0) is 8.26 Å². The summed E-state index contributed by atoms with van der Waals surface area (Å²) in [6.45, 7) is 0.387. The Labute approximate surface area is 130 Å². The average Bonchev–Trinajstić information content (AvgIpc) is 2.53.